The summed E-state index contributed by atoms with van der Waals surface area (Å²) in [4.78, 5) is 30.8. The van der Waals surface area contributed by atoms with Gasteiger partial charge >= 0.3 is 11.9 Å². The molecule has 5 rings (SSSR count). The summed E-state index contributed by atoms with van der Waals surface area (Å²) in [5.74, 6) is 1.36. The number of rotatable bonds is 15. The Balaban J connectivity index is 1.69. The summed E-state index contributed by atoms with van der Waals surface area (Å²) in [7, 11) is 3.24. The highest BCUT2D eigenvalue weighted by Crippen LogP contribution is 2.53. The SMILES string of the molecule is CCOC(=O)Cc1cc(-c2sc(-c3cc(CC(=O)O)c(-c4c(OC)cccc4OC(C)C)s3)c(C)c2C)sc1-c1c(OC)cccc1OC(C)C. The summed E-state index contributed by atoms with van der Waals surface area (Å²) >= 11 is 4.78. The van der Waals surface area contributed by atoms with E-state index in [0.717, 1.165) is 57.1 Å². The van der Waals surface area contributed by atoms with Gasteiger partial charge in [0.25, 0.3) is 0 Å². The van der Waals surface area contributed by atoms with E-state index in [1.54, 1.807) is 43.8 Å². The monoisotopic (exact) mass is 748 g/mol. The maximum Gasteiger partial charge on any atom is 0.310 e. The standard InChI is InChI=1S/C40H44O8S3/c1-10-46-34(43)20-26-18-32(50-40(26)36-28(45-9)14-12-16-30(36)48-22(4)5)38-24(7)23(6)37(51-38)31-17-25(19-33(41)42)39(49-31)35-27(44-8)13-11-15-29(35)47-21(2)3/h11-18,21-22H,10,19-20H2,1-9H3,(H,41,42). The second-order valence-corrected chi connectivity index (χ2v) is 15.6. The van der Waals surface area contributed by atoms with E-state index >= 15 is 0 Å². The molecule has 11 heteroatoms. The first-order valence-electron chi connectivity index (χ1n) is 16.8. The van der Waals surface area contributed by atoms with Crippen LogP contribution in [-0.2, 0) is 27.2 Å². The number of hydrogen-bond donors (Lipinski definition) is 1. The van der Waals surface area contributed by atoms with Crippen molar-refractivity contribution in [3.63, 3.8) is 0 Å². The van der Waals surface area contributed by atoms with E-state index in [4.69, 9.17) is 23.7 Å². The fourth-order valence-corrected chi connectivity index (χ4v) is 9.98. The number of benzene rings is 2. The molecule has 8 nitrogen and oxygen atoms in total. The maximum absolute atomic E-state index is 12.9. The topological polar surface area (TPSA) is 101 Å². The summed E-state index contributed by atoms with van der Waals surface area (Å²) in [5, 5.41) is 9.93. The first-order chi connectivity index (χ1) is 24.4. The van der Waals surface area contributed by atoms with Crippen molar-refractivity contribution < 1.29 is 38.4 Å². The second-order valence-electron chi connectivity index (χ2n) is 12.5. The van der Waals surface area contributed by atoms with Gasteiger partial charge in [0.15, 0.2) is 0 Å². The maximum atomic E-state index is 12.9. The third-order valence-electron chi connectivity index (χ3n) is 8.09. The Labute approximate surface area is 311 Å². The summed E-state index contributed by atoms with van der Waals surface area (Å²) in [5.41, 5.74) is 5.28. The van der Waals surface area contributed by atoms with Crippen molar-refractivity contribution in [2.24, 2.45) is 0 Å². The van der Waals surface area contributed by atoms with Gasteiger partial charge in [-0.3, -0.25) is 9.59 Å². The minimum absolute atomic E-state index is 0.0703. The number of methoxy groups -OCH3 is 2. The van der Waals surface area contributed by atoms with E-state index in [0.29, 0.717) is 35.2 Å². The third-order valence-corrected chi connectivity index (χ3v) is 12.2. The average Bonchev–Trinajstić information content (AvgIpc) is 3.75. The molecule has 0 saturated heterocycles. The molecule has 51 heavy (non-hydrogen) atoms. The molecule has 5 aromatic rings. The number of carbonyl (C=O) groups excluding carboxylic acids is 1. The van der Waals surface area contributed by atoms with Crippen molar-refractivity contribution in [1.82, 2.24) is 0 Å². The fourth-order valence-electron chi connectivity index (χ4n) is 5.88. The van der Waals surface area contributed by atoms with Gasteiger partial charge in [-0.25, -0.2) is 0 Å². The third kappa shape index (κ3) is 8.27. The number of carbonyl (C=O) groups is 2. The molecule has 0 unspecified atom stereocenters. The Kier molecular flexibility index (Phi) is 12.2. The molecule has 0 amide bonds. The van der Waals surface area contributed by atoms with Gasteiger partial charge in [0, 0.05) is 29.3 Å². The predicted molar refractivity (Wildman–Crippen MR) is 208 cm³/mol. The van der Waals surface area contributed by atoms with Crippen LogP contribution in [0.5, 0.6) is 23.0 Å². The van der Waals surface area contributed by atoms with E-state index in [9.17, 15) is 14.7 Å². The Bertz CT molecular complexity index is 2030. The van der Waals surface area contributed by atoms with Gasteiger partial charge in [0.1, 0.15) is 23.0 Å². The molecule has 3 heterocycles. The molecule has 2 aromatic carbocycles. The lowest BCUT2D eigenvalue weighted by Crippen LogP contribution is -2.09. The highest BCUT2D eigenvalue weighted by atomic mass is 32.1. The van der Waals surface area contributed by atoms with Gasteiger partial charge in [-0.1, -0.05) is 12.1 Å². The van der Waals surface area contributed by atoms with Crippen molar-refractivity contribution in [1.29, 1.82) is 0 Å². The van der Waals surface area contributed by atoms with E-state index < -0.39 is 5.97 Å². The van der Waals surface area contributed by atoms with Crippen LogP contribution in [0, 0.1) is 13.8 Å². The molecule has 270 valence electrons. The van der Waals surface area contributed by atoms with Crippen LogP contribution in [0.4, 0.5) is 0 Å². The smallest absolute Gasteiger partial charge is 0.310 e. The van der Waals surface area contributed by atoms with Crippen molar-refractivity contribution in [2.75, 3.05) is 20.8 Å². The van der Waals surface area contributed by atoms with Crippen molar-refractivity contribution in [3.8, 4) is 63.4 Å². The van der Waals surface area contributed by atoms with Gasteiger partial charge in [-0.15, -0.1) is 34.0 Å². The molecule has 0 radical (unpaired) electrons. The number of aliphatic carboxylic acids is 1. The molecule has 0 atom stereocenters. The Hall–Kier alpha value is -4.32. The number of hydrogen-bond acceptors (Lipinski definition) is 10. The van der Waals surface area contributed by atoms with Crippen LogP contribution < -0.4 is 18.9 Å². The molecular formula is C40H44O8S3. The van der Waals surface area contributed by atoms with Gasteiger partial charge in [-0.2, -0.15) is 0 Å². The summed E-state index contributed by atoms with van der Waals surface area (Å²) in [6.07, 6.45) is -0.205. The van der Waals surface area contributed by atoms with Crippen LogP contribution in [0.25, 0.3) is 40.4 Å². The summed E-state index contributed by atoms with van der Waals surface area (Å²) in [6.45, 7) is 14.2. The average molecular weight is 749 g/mol. The minimum atomic E-state index is -0.918. The van der Waals surface area contributed by atoms with E-state index in [1.807, 2.05) is 70.2 Å². The number of esters is 1. The zero-order chi connectivity index (χ0) is 37.0. The highest BCUT2D eigenvalue weighted by molar-refractivity contribution is 7.28. The second kappa shape index (κ2) is 16.4. The lowest BCUT2D eigenvalue weighted by Gasteiger charge is -2.17. The Morgan fingerprint density at radius 3 is 1.49 bits per heavy atom. The van der Waals surface area contributed by atoms with Crippen molar-refractivity contribution in [2.45, 2.75) is 73.5 Å². The fraction of sp³-hybridized carbons (Fsp3) is 0.350. The summed E-state index contributed by atoms with van der Waals surface area (Å²) < 4.78 is 29.4. The van der Waals surface area contributed by atoms with Crippen molar-refractivity contribution >= 4 is 45.9 Å². The van der Waals surface area contributed by atoms with Crippen LogP contribution in [0.3, 0.4) is 0 Å². The Morgan fingerprint density at radius 1 is 0.667 bits per heavy atom. The zero-order valence-electron chi connectivity index (χ0n) is 30.4. The molecule has 3 aromatic heterocycles. The first-order valence-corrected chi connectivity index (χ1v) is 19.2. The lowest BCUT2D eigenvalue weighted by molar-refractivity contribution is -0.142. The molecule has 1 N–H and O–H groups in total. The molecular weight excluding hydrogens is 705 g/mol. The quantitative estimate of drug-likeness (QED) is 0.106. The van der Waals surface area contributed by atoms with Gasteiger partial charge in [0.05, 0.1) is 57.0 Å². The van der Waals surface area contributed by atoms with Crippen LogP contribution >= 0.6 is 34.0 Å². The number of thiophene rings is 3. The van der Waals surface area contributed by atoms with E-state index in [-0.39, 0.29) is 31.0 Å². The highest BCUT2D eigenvalue weighted by Gasteiger charge is 2.27. The van der Waals surface area contributed by atoms with Gasteiger partial charge in [0.2, 0.25) is 0 Å². The molecule has 0 saturated carbocycles. The lowest BCUT2D eigenvalue weighted by atomic mass is 10.0. The Morgan fingerprint density at radius 2 is 1.10 bits per heavy atom. The number of carboxylic acid groups (broad SMARTS) is 1. The zero-order valence-corrected chi connectivity index (χ0v) is 32.9. The molecule has 0 spiro atoms. The summed E-state index contributed by atoms with van der Waals surface area (Å²) in [6, 6.07) is 15.4. The normalized spacial score (nSPS) is 11.3. The minimum Gasteiger partial charge on any atom is -0.496 e. The van der Waals surface area contributed by atoms with E-state index in [1.165, 1.54) is 11.3 Å². The predicted octanol–water partition coefficient (Wildman–Crippen LogP) is 10.5. The largest absolute Gasteiger partial charge is 0.496 e. The molecule has 0 fully saturated rings. The first kappa shape index (κ1) is 37.9. The van der Waals surface area contributed by atoms with Crippen LogP contribution in [0.2, 0.25) is 0 Å². The van der Waals surface area contributed by atoms with E-state index in [2.05, 4.69) is 19.9 Å². The van der Waals surface area contributed by atoms with Crippen molar-refractivity contribution in [3.05, 3.63) is 70.8 Å². The van der Waals surface area contributed by atoms with Gasteiger partial charge < -0.3 is 28.8 Å². The van der Waals surface area contributed by atoms with Crippen LogP contribution in [0.15, 0.2) is 48.5 Å². The molecule has 0 aliphatic rings. The number of carboxylic acids is 1. The molecule has 0 aliphatic carbocycles. The molecule has 0 bridgehead atoms. The number of ether oxygens (including phenoxy) is 5. The molecule has 0 aliphatic heterocycles. The van der Waals surface area contributed by atoms with Gasteiger partial charge in [-0.05, 0) is 107 Å². The van der Waals surface area contributed by atoms with Crippen LogP contribution in [-0.4, -0.2) is 50.1 Å². The van der Waals surface area contributed by atoms with Crippen LogP contribution in [0.1, 0.15) is 56.9 Å².